The zero-order chi connectivity index (χ0) is 24.4. The molecule has 0 radical (unpaired) electrons. The highest BCUT2D eigenvalue weighted by Gasteiger charge is 2.28. The molecule has 0 aliphatic rings. The van der Waals surface area contributed by atoms with Gasteiger partial charge < -0.3 is 9.80 Å². The zero-order valence-corrected chi connectivity index (χ0v) is 25.8. The molecule has 0 N–H and O–H groups in total. The second-order valence-electron chi connectivity index (χ2n) is 9.75. The van der Waals surface area contributed by atoms with E-state index in [0.717, 1.165) is 50.4 Å². The van der Waals surface area contributed by atoms with Gasteiger partial charge in [-0.25, -0.2) is 0 Å². The van der Waals surface area contributed by atoms with Crippen LogP contribution in [0.4, 0.5) is 0 Å². The molecule has 1 aromatic carbocycles. The van der Waals surface area contributed by atoms with E-state index in [-0.39, 0.29) is 45.5 Å². The minimum atomic E-state index is -0.413. The van der Waals surface area contributed by atoms with E-state index in [2.05, 4.69) is 37.5 Å². The van der Waals surface area contributed by atoms with Gasteiger partial charge in [0.25, 0.3) is 0 Å². The molecule has 0 unspecified atom stereocenters. The van der Waals surface area contributed by atoms with Gasteiger partial charge >= 0.3 is 0 Å². The quantitative estimate of drug-likeness (QED) is 0.221. The van der Waals surface area contributed by atoms with Crippen molar-refractivity contribution in [2.24, 2.45) is 10.8 Å². The van der Waals surface area contributed by atoms with E-state index in [1.807, 2.05) is 64.1 Å². The number of nitrogens with zero attached hydrogens (tertiary/aromatic N) is 2. The minimum absolute atomic E-state index is 0. The molecule has 1 aromatic rings. The van der Waals surface area contributed by atoms with Crippen molar-refractivity contribution in [3.05, 3.63) is 47.5 Å². The normalized spacial score (nSPS) is 12.3. The number of carbonyl (C=O) groups excluding carboxylic acids is 2. The number of allylic oxidation sites excluding steroid dienone is 2. The monoisotopic (exact) mass is 600 g/mol. The molecule has 0 amide bonds. The van der Waals surface area contributed by atoms with Gasteiger partial charge in [-0.2, -0.15) is 0 Å². The Morgan fingerprint density at radius 3 is 1.15 bits per heavy atom. The van der Waals surface area contributed by atoms with Crippen LogP contribution >= 0.6 is 34.0 Å². The Hall–Kier alpha value is -1.08. The Morgan fingerprint density at radius 2 is 0.912 bits per heavy atom. The molecule has 0 bridgehead atoms. The van der Waals surface area contributed by atoms with Crippen LogP contribution in [0.1, 0.15) is 66.5 Å². The molecule has 194 valence electrons. The summed E-state index contributed by atoms with van der Waals surface area (Å²) < 4.78 is 0. The molecule has 0 saturated heterocycles. The largest absolute Gasteiger partial charge is 0.303 e. The predicted octanol–water partition coefficient (Wildman–Crippen LogP) is 6.74. The molecule has 34 heavy (non-hydrogen) atoms. The smallest absolute Gasteiger partial charge is 0.162 e. The molecule has 6 heteroatoms. The molecular formula is C28H46Br2N2O2. The van der Waals surface area contributed by atoms with Crippen LogP contribution in [-0.4, -0.2) is 60.6 Å². The third kappa shape index (κ3) is 11.6. The van der Waals surface area contributed by atoms with Gasteiger partial charge in [-0.15, -0.1) is 34.0 Å². The van der Waals surface area contributed by atoms with Gasteiger partial charge in [0.2, 0.25) is 0 Å². The van der Waals surface area contributed by atoms with Crippen molar-refractivity contribution in [2.75, 3.05) is 39.3 Å². The fourth-order valence-electron chi connectivity index (χ4n) is 3.68. The summed E-state index contributed by atoms with van der Waals surface area (Å²) in [4.78, 5) is 29.9. The summed E-state index contributed by atoms with van der Waals surface area (Å²) in [5.41, 5.74) is 1.12. The Kier molecular flexibility index (Phi) is 17.1. The van der Waals surface area contributed by atoms with Gasteiger partial charge in [-0.3, -0.25) is 9.59 Å². The molecule has 0 fully saturated rings. The molecule has 0 aromatic heterocycles. The van der Waals surface area contributed by atoms with Crippen LogP contribution in [0, 0.1) is 10.8 Å². The zero-order valence-electron chi connectivity index (χ0n) is 22.4. The van der Waals surface area contributed by atoms with Gasteiger partial charge in [0.1, 0.15) is 0 Å². The number of carbonyl (C=O) groups is 2. The van der Waals surface area contributed by atoms with Crippen molar-refractivity contribution in [3.8, 4) is 0 Å². The maximum Gasteiger partial charge on any atom is 0.162 e. The molecule has 0 atom stereocenters. The minimum Gasteiger partial charge on any atom is -0.303 e. The van der Waals surface area contributed by atoms with E-state index < -0.39 is 10.8 Å². The van der Waals surface area contributed by atoms with E-state index in [1.54, 1.807) is 12.2 Å². The summed E-state index contributed by atoms with van der Waals surface area (Å²) in [7, 11) is 0. The summed E-state index contributed by atoms with van der Waals surface area (Å²) >= 11 is 0. The van der Waals surface area contributed by atoms with Crippen LogP contribution in [0.2, 0.25) is 0 Å². The maximum atomic E-state index is 12.7. The van der Waals surface area contributed by atoms with Crippen LogP contribution in [0.5, 0.6) is 0 Å². The summed E-state index contributed by atoms with van der Waals surface area (Å²) in [5.74, 6) is 0.267. The van der Waals surface area contributed by atoms with Crippen molar-refractivity contribution in [2.45, 2.75) is 55.4 Å². The van der Waals surface area contributed by atoms with Crippen molar-refractivity contribution >= 4 is 57.7 Å². The third-order valence-electron chi connectivity index (χ3n) is 6.15. The Balaban J connectivity index is 0. The average Bonchev–Trinajstić information content (AvgIpc) is 2.78. The first-order valence-corrected chi connectivity index (χ1v) is 12.0. The standard InChI is InChI=1S/C28H44N2O2.2BrH/c1-9-29(10-2)21-27(5,6)25(31)19-17-23-13-15-24(16-14-23)18-20-26(32)28(7,8)22-30(11-3)12-4;;/h13-20H,9-12,21-22H2,1-8H3;2*1H/b19-17+,20-18+;;. The predicted molar refractivity (Wildman–Crippen MR) is 158 cm³/mol. The molecule has 0 aliphatic heterocycles. The van der Waals surface area contributed by atoms with E-state index >= 15 is 0 Å². The Morgan fingerprint density at radius 1 is 0.647 bits per heavy atom. The lowest BCUT2D eigenvalue weighted by molar-refractivity contribution is -0.123. The van der Waals surface area contributed by atoms with Gasteiger partial charge in [0.15, 0.2) is 11.6 Å². The van der Waals surface area contributed by atoms with Crippen LogP contribution in [0.3, 0.4) is 0 Å². The van der Waals surface area contributed by atoms with Gasteiger partial charge in [0.05, 0.1) is 0 Å². The highest BCUT2D eigenvalue weighted by Crippen LogP contribution is 2.21. The summed E-state index contributed by atoms with van der Waals surface area (Å²) in [6.07, 6.45) is 7.12. The number of rotatable bonds is 14. The van der Waals surface area contributed by atoms with E-state index in [1.165, 1.54) is 0 Å². The second kappa shape index (κ2) is 16.6. The highest BCUT2D eigenvalue weighted by molar-refractivity contribution is 8.93. The lowest BCUT2D eigenvalue weighted by Crippen LogP contribution is -2.38. The SMILES string of the molecule is Br.Br.CCN(CC)CC(C)(C)C(=O)/C=C/c1ccc(/C=C/C(=O)C(C)(C)CN(CC)CC)cc1. The number of ketones is 2. The van der Waals surface area contributed by atoms with Crippen LogP contribution in [-0.2, 0) is 9.59 Å². The van der Waals surface area contributed by atoms with Crippen molar-refractivity contribution in [1.82, 2.24) is 9.80 Å². The average molecular weight is 602 g/mol. The lowest BCUT2D eigenvalue weighted by Gasteiger charge is -2.29. The Bertz CT molecular complexity index is 724. The van der Waals surface area contributed by atoms with Crippen LogP contribution in [0.25, 0.3) is 12.2 Å². The van der Waals surface area contributed by atoms with Crippen LogP contribution < -0.4 is 0 Å². The van der Waals surface area contributed by atoms with Crippen molar-refractivity contribution in [3.63, 3.8) is 0 Å². The first-order valence-electron chi connectivity index (χ1n) is 12.0. The van der Waals surface area contributed by atoms with Gasteiger partial charge in [-0.05, 0) is 49.5 Å². The fourth-order valence-corrected chi connectivity index (χ4v) is 3.68. The molecule has 0 saturated carbocycles. The van der Waals surface area contributed by atoms with Gasteiger partial charge in [0, 0.05) is 23.9 Å². The van der Waals surface area contributed by atoms with E-state index in [9.17, 15) is 9.59 Å². The van der Waals surface area contributed by atoms with Crippen molar-refractivity contribution < 1.29 is 9.59 Å². The second-order valence-corrected chi connectivity index (χ2v) is 9.75. The molecule has 1 rings (SSSR count). The Labute approximate surface area is 229 Å². The number of hydrogen-bond acceptors (Lipinski definition) is 4. The maximum absolute atomic E-state index is 12.7. The molecule has 0 heterocycles. The van der Waals surface area contributed by atoms with Gasteiger partial charge in [-0.1, -0.05) is 91.8 Å². The van der Waals surface area contributed by atoms with E-state index in [0.29, 0.717) is 0 Å². The summed E-state index contributed by atoms with van der Waals surface area (Å²) in [6.45, 7) is 21.8. The molecule has 0 aliphatic carbocycles. The fraction of sp³-hybridized carbons (Fsp3) is 0.571. The number of hydrogen-bond donors (Lipinski definition) is 0. The third-order valence-corrected chi connectivity index (χ3v) is 6.15. The molecule has 0 spiro atoms. The van der Waals surface area contributed by atoms with E-state index in [4.69, 9.17) is 0 Å². The van der Waals surface area contributed by atoms with Crippen LogP contribution in [0.15, 0.2) is 36.4 Å². The molecule has 4 nitrogen and oxygen atoms in total. The number of halogens is 2. The lowest BCUT2D eigenvalue weighted by atomic mass is 9.86. The highest BCUT2D eigenvalue weighted by atomic mass is 79.9. The first kappa shape index (κ1) is 35.1. The molecular weight excluding hydrogens is 556 g/mol. The van der Waals surface area contributed by atoms with Crippen molar-refractivity contribution in [1.29, 1.82) is 0 Å². The summed E-state index contributed by atoms with van der Waals surface area (Å²) in [6, 6.07) is 7.91. The topological polar surface area (TPSA) is 40.6 Å². The summed E-state index contributed by atoms with van der Waals surface area (Å²) in [5, 5.41) is 0. The first-order chi connectivity index (χ1) is 15.0. The number of benzene rings is 1.